The van der Waals surface area contributed by atoms with Crippen molar-refractivity contribution >= 4 is 23.5 Å². The Balaban J connectivity index is 1.77. The van der Waals surface area contributed by atoms with Crippen LogP contribution in [0.2, 0.25) is 5.02 Å². The van der Waals surface area contributed by atoms with Gasteiger partial charge in [0.05, 0.1) is 0 Å². The van der Waals surface area contributed by atoms with E-state index in [1.54, 1.807) is 24.3 Å². The smallest absolute Gasteiger partial charge is 0.325 e. The Kier molecular flexibility index (Phi) is 10.6. The second kappa shape index (κ2) is 13.1. The number of esters is 1. The predicted octanol–water partition coefficient (Wildman–Crippen LogP) is 7.14. The summed E-state index contributed by atoms with van der Waals surface area (Å²) in [5.41, 5.74) is 5.79. The van der Waals surface area contributed by atoms with Crippen molar-refractivity contribution in [3.8, 4) is 0 Å². The highest BCUT2D eigenvalue weighted by molar-refractivity contribution is 6.30. The normalized spacial score (nSPS) is 16.9. The van der Waals surface area contributed by atoms with Crippen molar-refractivity contribution in [1.29, 1.82) is 0 Å². The van der Waals surface area contributed by atoms with E-state index in [1.807, 2.05) is 25.2 Å². The van der Waals surface area contributed by atoms with Gasteiger partial charge in [0.25, 0.3) is 5.91 Å². The van der Waals surface area contributed by atoms with Gasteiger partial charge >= 0.3 is 5.97 Å². The van der Waals surface area contributed by atoms with E-state index in [4.69, 9.17) is 16.3 Å². The van der Waals surface area contributed by atoms with E-state index in [2.05, 4.69) is 51.2 Å². The number of hydrogen-bond acceptors (Lipinski definition) is 3. The molecule has 1 aliphatic carbocycles. The van der Waals surface area contributed by atoms with E-state index in [-0.39, 0.29) is 24.5 Å². The van der Waals surface area contributed by atoms with Gasteiger partial charge in [-0.1, -0.05) is 72.5 Å². The van der Waals surface area contributed by atoms with Gasteiger partial charge in [0.15, 0.2) is 0 Å². The van der Waals surface area contributed by atoms with Gasteiger partial charge in [0.2, 0.25) is 0 Å². The van der Waals surface area contributed by atoms with E-state index >= 15 is 0 Å². The molecule has 1 amide bonds. The molecule has 1 N–H and O–H groups in total. The average Bonchev–Trinajstić information content (AvgIpc) is 2.77. The highest BCUT2D eigenvalue weighted by Crippen LogP contribution is 2.40. The molecular formula is C29H36ClNO3. The van der Waals surface area contributed by atoms with Crippen molar-refractivity contribution in [3.63, 3.8) is 0 Å². The Morgan fingerprint density at radius 1 is 1.12 bits per heavy atom. The summed E-state index contributed by atoms with van der Waals surface area (Å²) in [6.07, 6.45) is 16.0. The van der Waals surface area contributed by atoms with Crippen LogP contribution in [0, 0.1) is 5.41 Å². The predicted molar refractivity (Wildman–Crippen MR) is 141 cm³/mol. The Labute approximate surface area is 209 Å². The average molecular weight is 482 g/mol. The number of halogens is 1. The summed E-state index contributed by atoms with van der Waals surface area (Å²) in [7, 11) is 0. The molecular weight excluding hydrogens is 446 g/mol. The number of carbonyl (C=O) groups excluding carboxylic acids is 2. The highest BCUT2D eigenvalue weighted by Gasteiger charge is 2.26. The summed E-state index contributed by atoms with van der Waals surface area (Å²) in [6, 6.07) is 6.45. The molecule has 5 heteroatoms. The van der Waals surface area contributed by atoms with Gasteiger partial charge in [-0.15, -0.1) is 0 Å². The van der Waals surface area contributed by atoms with E-state index in [1.165, 1.54) is 36.0 Å². The molecule has 34 heavy (non-hydrogen) atoms. The van der Waals surface area contributed by atoms with Crippen molar-refractivity contribution in [2.75, 3.05) is 13.2 Å². The van der Waals surface area contributed by atoms with Crippen LogP contribution in [0.15, 0.2) is 83.0 Å². The molecule has 1 aliphatic rings. The number of benzene rings is 1. The first-order valence-electron chi connectivity index (χ1n) is 11.7. The van der Waals surface area contributed by atoms with Gasteiger partial charge in [-0.05, 0) is 81.4 Å². The molecule has 0 bridgehead atoms. The molecule has 1 aromatic carbocycles. The standard InChI is InChI=1S/C29H36ClNO3/c1-21(11-16-26-23(3)10-7-18-29(26,4)5)8-6-9-22(2)17-19-34-27(32)20-31-28(33)24-12-14-25(30)15-13-24/h6,8-9,11-17H,7,10,18-20H2,1-5H3,(H,31,33)/b9-6+,16-11+,21-8+,22-17+. The summed E-state index contributed by atoms with van der Waals surface area (Å²) in [5, 5.41) is 3.08. The number of amides is 1. The minimum Gasteiger partial charge on any atom is -0.460 e. The van der Waals surface area contributed by atoms with Crippen molar-refractivity contribution in [2.45, 2.75) is 53.9 Å². The molecule has 0 radical (unpaired) electrons. The van der Waals surface area contributed by atoms with Gasteiger partial charge in [0, 0.05) is 10.6 Å². The maximum absolute atomic E-state index is 12.0. The van der Waals surface area contributed by atoms with Crippen LogP contribution in [0.3, 0.4) is 0 Å². The summed E-state index contributed by atoms with van der Waals surface area (Å²) in [4.78, 5) is 23.9. The monoisotopic (exact) mass is 481 g/mol. The van der Waals surface area contributed by atoms with Crippen LogP contribution in [0.4, 0.5) is 0 Å². The third-order valence-electron chi connectivity index (χ3n) is 5.92. The van der Waals surface area contributed by atoms with Crippen LogP contribution in [0.5, 0.6) is 0 Å². The van der Waals surface area contributed by atoms with E-state index in [9.17, 15) is 9.59 Å². The van der Waals surface area contributed by atoms with Gasteiger partial charge in [-0.3, -0.25) is 9.59 Å². The number of rotatable bonds is 9. The lowest BCUT2D eigenvalue weighted by molar-refractivity contribution is -0.141. The molecule has 0 heterocycles. The number of nitrogens with one attached hydrogen (secondary N) is 1. The summed E-state index contributed by atoms with van der Waals surface area (Å²) >= 11 is 5.81. The fourth-order valence-corrected chi connectivity index (χ4v) is 4.00. The van der Waals surface area contributed by atoms with Crippen LogP contribution < -0.4 is 5.32 Å². The largest absolute Gasteiger partial charge is 0.460 e. The SMILES string of the molecule is CC1=C(/C=C/C(C)=C/C=C/C(C)=C/COC(=O)CNC(=O)c2ccc(Cl)cc2)C(C)(C)CCC1. The van der Waals surface area contributed by atoms with Crippen molar-refractivity contribution in [2.24, 2.45) is 5.41 Å². The third-order valence-corrected chi connectivity index (χ3v) is 6.17. The second-order valence-electron chi connectivity index (χ2n) is 9.36. The molecule has 1 aromatic rings. The van der Waals surface area contributed by atoms with Crippen LogP contribution in [-0.4, -0.2) is 25.0 Å². The molecule has 0 atom stereocenters. The number of ether oxygens (including phenoxy) is 1. The van der Waals surface area contributed by atoms with Crippen LogP contribution in [-0.2, 0) is 9.53 Å². The van der Waals surface area contributed by atoms with Gasteiger partial charge in [0.1, 0.15) is 13.2 Å². The highest BCUT2D eigenvalue weighted by atomic mass is 35.5. The van der Waals surface area contributed by atoms with Crippen molar-refractivity contribution in [1.82, 2.24) is 5.32 Å². The van der Waals surface area contributed by atoms with Gasteiger partial charge in [-0.25, -0.2) is 0 Å². The summed E-state index contributed by atoms with van der Waals surface area (Å²) < 4.78 is 5.16. The molecule has 0 spiro atoms. The molecule has 2 rings (SSSR count). The minimum atomic E-state index is -0.494. The molecule has 0 aromatic heterocycles. The van der Waals surface area contributed by atoms with E-state index in [0.29, 0.717) is 10.6 Å². The maximum Gasteiger partial charge on any atom is 0.325 e. The Bertz CT molecular complexity index is 1020. The maximum atomic E-state index is 12.0. The molecule has 0 fully saturated rings. The fraction of sp³-hybridized carbons (Fsp3) is 0.379. The molecule has 0 saturated heterocycles. The van der Waals surface area contributed by atoms with Crippen LogP contribution in [0.1, 0.15) is 64.2 Å². The molecule has 0 aliphatic heterocycles. The Morgan fingerprint density at radius 2 is 1.82 bits per heavy atom. The first-order chi connectivity index (χ1) is 16.1. The zero-order valence-corrected chi connectivity index (χ0v) is 21.7. The first-order valence-corrected chi connectivity index (χ1v) is 12.1. The Morgan fingerprint density at radius 3 is 2.50 bits per heavy atom. The molecule has 0 unspecified atom stereocenters. The zero-order chi connectivity index (χ0) is 25.1. The lowest BCUT2D eigenvalue weighted by Gasteiger charge is -2.32. The lowest BCUT2D eigenvalue weighted by Crippen LogP contribution is -2.30. The topological polar surface area (TPSA) is 55.4 Å². The minimum absolute atomic E-state index is 0.150. The summed E-state index contributed by atoms with van der Waals surface area (Å²) in [5.74, 6) is -0.843. The first kappa shape index (κ1) is 27.4. The van der Waals surface area contributed by atoms with Crippen LogP contribution in [0.25, 0.3) is 0 Å². The van der Waals surface area contributed by atoms with Gasteiger partial charge in [-0.2, -0.15) is 0 Å². The second-order valence-corrected chi connectivity index (χ2v) is 9.79. The number of allylic oxidation sites excluding steroid dienone is 9. The molecule has 182 valence electrons. The van der Waals surface area contributed by atoms with Crippen LogP contribution >= 0.6 is 11.6 Å². The fourth-order valence-electron chi connectivity index (χ4n) is 3.87. The van der Waals surface area contributed by atoms with Crippen molar-refractivity contribution < 1.29 is 14.3 Å². The Hall–Kier alpha value is -2.85. The van der Waals surface area contributed by atoms with E-state index in [0.717, 1.165) is 5.57 Å². The van der Waals surface area contributed by atoms with Crippen molar-refractivity contribution in [3.05, 3.63) is 93.6 Å². The zero-order valence-electron chi connectivity index (χ0n) is 20.9. The van der Waals surface area contributed by atoms with Gasteiger partial charge < -0.3 is 10.1 Å². The number of hydrogen-bond donors (Lipinski definition) is 1. The number of carbonyl (C=O) groups is 2. The van der Waals surface area contributed by atoms with E-state index < -0.39 is 5.97 Å². The third kappa shape index (κ3) is 9.18. The lowest BCUT2D eigenvalue weighted by atomic mass is 9.72. The molecule has 4 nitrogen and oxygen atoms in total. The summed E-state index contributed by atoms with van der Waals surface area (Å²) in [6.45, 7) is 10.9. The quantitative estimate of drug-likeness (QED) is 0.301. The molecule has 0 saturated carbocycles.